The summed E-state index contributed by atoms with van der Waals surface area (Å²) in [5.41, 5.74) is 0.973. The molecule has 0 aromatic carbocycles. The number of carbonyl (C=O) groups excluding carboxylic acids is 1. The van der Waals surface area contributed by atoms with Gasteiger partial charge in [-0.05, 0) is 55.7 Å². The van der Waals surface area contributed by atoms with Crippen LogP contribution in [0.4, 0.5) is 0 Å². The molecule has 2 saturated carbocycles. The highest BCUT2D eigenvalue weighted by Gasteiger charge is 2.45. The van der Waals surface area contributed by atoms with Crippen LogP contribution < -0.4 is 5.32 Å². The Morgan fingerprint density at radius 3 is 2.76 bits per heavy atom. The van der Waals surface area contributed by atoms with E-state index in [1.54, 1.807) is 24.2 Å². The second-order valence-electron chi connectivity index (χ2n) is 6.52. The molecular formula is C16H19N3OS. The van der Waals surface area contributed by atoms with Crippen LogP contribution in [0.15, 0.2) is 29.5 Å². The first-order valence-electron chi connectivity index (χ1n) is 7.64. The number of aromatic nitrogens is 1. The number of carbonyl (C=O) groups is 1. The molecule has 1 N–H and O–H groups in total. The van der Waals surface area contributed by atoms with E-state index in [1.807, 2.05) is 19.1 Å². The number of pyridine rings is 1. The summed E-state index contributed by atoms with van der Waals surface area (Å²) in [6.45, 7) is 1.95. The van der Waals surface area contributed by atoms with Gasteiger partial charge in [-0.2, -0.15) is 4.99 Å². The highest BCUT2D eigenvalue weighted by molar-refractivity contribution is 8.15. The Morgan fingerprint density at radius 2 is 2.10 bits per heavy atom. The Labute approximate surface area is 128 Å². The average molecular weight is 301 g/mol. The monoisotopic (exact) mass is 301 g/mol. The van der Waals surface area contributed by atoms with Gasteiger partial charge in [0.2, 0.25) is 0 Å². The molecule has 2 heterocycles. The van der Waals surface area contributed by atoms with E-state index in [1.165, 1.54) is 25.7 Å². The summed E-state index contributed by atoms with van der Waals surface area (Å²) in [7, 11) is 0. The number of amidine groups is 1. The van der Waals surface area contributed by atoms with Crippen molar-refractivity contribution in [1.82, 2.24) is 10.3 Å². The van der Waals surface area contributed by atoms with Crippen LogP contribution in [0.3, 0.4) is 0 Å². The van der Waals surface area contributed by atoms with Crippen LogP contribution in [0.2, 0.25) is 0 Å². The molecule has 21 heavy (non-hydrogen) atoms. The normalized spacial score (nSPS) is 37.9. The lowest BCUT2D eigenvalue weighted by atomic mass is 9.96. The standard InChI is InChI=1S/C16H19N3OS/c1-16(12-4-6-17-7-5-12)14(20)19-15(21-16)18-13-9-10-2-3-11(13)8-10/h4-7,10-11,13H,2-3,8-9H2,1H3,(H,18,19,20)/t10-,11+,13+,16?/m1/s1. The van der Waals surface area contributed by atoms with Crippen molar-refractivity contribution in [3.63, 3.8) is 0 Å². The third-order valence-electron chi connectivity index (χ3n) is 5.19. The molecule has 0 spiro atoms. The summed E-state index contributed by atoms with van der Waals surface area (Å²) >= 11 is 1.55. The van der Waals surface area contributed by atoms with Gasteiger partial charge in [0.1, 0.15) is 4.75 Å². The first kappa shape index (κ1) is 13.3. The van der Waals surface area contributed by atoms with Gasteiger partial charge in [-0.3, -0.25) is 9.78 Å². The van der Waals surface area contributed by atoms with Gasteiger partial charge in [0, 0.05) is 18.4 Å². The van der Waals surface area contributed by atoms with E-state index >= 15 is 0 Å². The predicted molar refractivity (Wildman–Crippen MR) is 84.0 cm³/mol. The molecule has 1 aromatic rings. The third kappa shape index (κ3) is 2.18. The fourth-order valence-electron chi connectivity index (χ4n) is 3.95. The molecule has 1 aliphatic heterocycles. The van der Waals surface area contributed by atoms with E-state index in [9.17, 15) is 4.79 Å². The summed E-state index contributed by atoms with van der Waals surface area (Å²) in [6, 6.07) is 4.32. The molecule has 4 atom stereocenters. The molecule has 0 saturated heterocycles. The van der Waals surface area contributed by atoms with Crippen LogP contribution in [0.25, 0.3) is 0 Å². The highest BCUT2D eigenvalue weighted by atomic mass is 32.2. The second-order valence-corrected chi connectivity index (χ2v) is 7.93. The van der Waals surface area contributed by atoms with E-state index in [2.05, 4.69) is 15.3 Å². The fraction of sp³-hybridized carbons (Fsp3) is 0.562. The van der Waals surface area contributed by atoms with Crippen molar-refractivity contribution in [3.05, 3.63) is 30.1 Å². The largest absolute Gasteiger partial charge is 0.361 e. The first-order valence-corrected chi connectivity index (χ1v) is 8.46. The maximum atomic E-state index is 12.4. The molecule has 1 amide bonds. The minimum atomic E-state index is -0.608. The summed E-state index contributed by atoms with van der Waals surface area (Å²) in [4.78, 5) is 20.7. The van der Waals surface area contributed by atoms with Gasteiger partial charge >= 0.3 is 0 Å². The molecule has 1 unspecified atom stereocenters. The van der Waals surface area contributed by atoms with Gasteiger partial charge in [0.25, 0.3) is 5.91 Å². The van der Waals surface area contributed by atoms with Gasteiger partial charge in [0.15, 0.2) is 5.17 Å². The number of rotatable bonds is 2. The molecule has 110 valence electrons. The van der Waals surface area contributed by atoms with Crippen LogP contribution >= 0.6 is 11.8 Å². The highest BCUT2D eigenvalue weighted by Crippen LogP contribution is 2.46. The van der Waals surface area contributed by atoms with Gasteiger partial charge in [-0.1, -0.05) is 18.2 Å². The van der Waals surface area contributed by atoms with Crippen molar-refractivity contribution in [2.24, 2.45) is 16.8 Å². The Bertz CT molecular complexity index is 603. The minimum Gasteiger partial charge on any atom is -0.361 e. The number of aliphatic imine (C=N–C) groups is 1. The van der Waals surface area contributed by atoms with E-state index < -0.39 is 4.75 Å². The molecule has 5 heteroatoms. The molecule has 4 rings (SSSR count). The summed E-state index contributed by atoms with van der Waals surface area (Å²) in [6.07, 6.45) is 8.77. The van der Waals surface area contributed by atoms with Crippen LogP contribution in [-0.2, 0) is 9.54 Å². The Kier molecular flexibility index (Phi) is 3.06. The summed E-state index contributed by atoms with van der Waals surface area (Å²) in [5.74, 6) is 1.60. The van der Waals surface area contributed by atoms with Crippen molar-refractivity contribution >= 4 is 22.8 Å². The van der Waals surface area contributed by atoms with Crippen molar-refractivity contribution in [1.29, 1.82) is 0 Å². The zero-order valence-corrected chi connectivity index (χ0v) is 12.9. The van der Waals surface area contributed by atoms with Crippen molar-refractivity contribution in [2.45, 2.75) is 43.4 Å². The fourth-order valence-corrected chi connectivity index (χ4v) is 5.07. The lowest BCUT2D eigenvalue weighted by Crippen LogP contribution is -2.37. The van der Waals surface area contributed by atoms with Crippen molar-refractivity contribution in [3.8, 4) is 0 Å². The number of nitrogens with one attached hydrogen (secondary N) is 1. The minimum absolute atomic E-state index is 0.0654. The summed E-state index contributed by atoms with van der Waals surface area (Å²) < 4.78 is -0.608. The number of amides is 1. The molecular weight excluding hydrogens is 282 g/mol. The topological polar surface area (TPSA) is 54.4 Å². The smallest absolute Gasteiger partial charge is 0.268 e. The zero-order valence-electron chi connectivity index (χ0n) is 12.1. The van der Waals surface area contributed by atoms with E-state index in [0.717, 1.165) is 22.6 Å². The van der Waals surface area contributed by atoms with Crippen LogP contribution in [0.1, 0.15) is 38.2 Å². The van der Waals surface area contributed by atoms with Gasteiger partial charge in [-0.25, -0.2) is 0 Å². The summed E-state index contributed by atoms with van der Waals surface area (Å²) in [5, 5.41) is 4.34. The van der Waals surface area contributed by atoms with Gasteiger partial charge < -0.3 is 5.32 Å². The quantitative estimate of drug-likeness (QED) is 0.912. The average Bonchev–Trinajstić information content (AvgIpc) is 3.16. The Morgan fingerprint density at radius 1 is 1.29 bits per heavy atom. The Hall–Kier alpha value is -1.36. The molecule has 4 nitrogen and oxygen atoms in total. The molecule has 1 aromatic heterocycles. The number of nitrogens with zero attached hydrogens (tertiary/aromatic N) is 2. The van der Waals surface area contributed by atoms with Crippen molar-refractivity contribution < 1.29 is 4.79 Å². The number of hydrogen-bond donors (Lipinski definition) is 1. The van der Waals surface area contributed by atoms with Gasteiger partial charge in [0.05, 0.1) is 0 Å². The van der Waals surface area contributed by atoms with Crippen LogP contribution in [0, 0.1) is 11.8 Å². The molecule has 2 aliphatic carbocycles. The van der Waals surface area contributed by atoms with Crippen LogP contribution in [0.5, 0.6) is 0 Å². The lowest BCUT2D eigenvalue weighted by Gasteiger charge is -2.25. The maximum Gasteiger partial charge on any atom is 0.268 e. The number of fused-ring (bicyclic) bond motifs is 2. The number of thioether (sulfide) groups is 1. The second kappa shape index (κ2) is 4.83. The molecule has 2 fully saturated rings. The van der Waals surface area contributed by atoms with Gasteiger partial charge in [-0.15, -0.1) is 0 Å². The molecule has 0 radical (unpaired) electrons. The van der Waals surface area contributed by atoms with E-state index in [-0.39, 0.29) is 5.91 Å². The van der Waals surface area contributed by atoms with Crippen molar-refractivity contribution in [2.75, 3.05) is 0 Å². The predicted octanol–water partition coefficient (Wildman–Crippen LogP) is 2.70. The SMILES string of the molecule is CC1(c2ccncc2)SC(N[C@H]2C[C@@H]3CC[C@H]2C3)=NC1=O. The third-order valence-corrected chi connectivity index (χ3v) is 6.41. The maximum absolute atomic E-state index is 12.4. The Balaban J connectivity index is 1.50. The first-order chi connectivity index (χ1) is 10.1. The van der Waals surface area contributed by atoms with Crippen LogP contribution in [-0.4, -0.2) is 22.1 Å². The number of hydrogen-bond acceptors (Lipinski definition) is 4. The zero-order chi connectivity index (χ0) is 14.4. The molecule has 3 aliphatic rings. The lowest BCUT2D eigenvalue weighted by molar-refractivity contribution is -0.119. The van der Waals surface area contributed by atoms with E-state index in [4.69, 9.17) is 0 Å². The molecule has 2 bridgehead atoms. The van der Waals surface area contributed by atoms with E-state index in [0.29, 0.717) is 6.04 Å².